The van der Waals surface area contributed by atoms with E-state index in [4.69, 9.17) is 34.7 Å². The normalized spacial score (nSPS) is 18.6. The molecule has 6 N–H and O–H groups in total. The fourth-order valence-electron chi connectivity index (χ4n) is 10.3. The number of primary amides is 1. The maximum atomic E-state index is 14.1. The number of fused-ring (bicyclic) bond motifs is 8. The molecule has 10 rings (SSSR count). The topological polar surface area (TPSA) is 262 Å². The number of rotatable bonds is 17. The summed E-state index contributed by atoms with van der Waals surface area (Å²) in [6, 6.07) is 26.8. The fourth-order valence-corrected chi connectivity index (χ4v) is 10.3. The third-order valence-electron chi connectivity index (χ3n) is 14.2. The Labute approximate surface area is 437 Å². The minimum absolute atomic E-state index is 0.0429. The van der Waals surface area contributed by atoms with Crippen LogP contribution in [0.15, 0.2) is 101 Å². The second kappa shape index (κ2) is 21.8. The Morgan fingerprint density at radius 2 is 1.04 bits per heavy atom. The number of nitrogens with one attached hydrogen (secondary N) is 4. The van der Waals surface area contributed by atoms with Gasteiger partial charge >= 0.3 is 0 Å². The van der Waals surface area contributed by atoms with E-state index in [-0.39, 0.29) is 67.3 Å². The van der Waals surface area contributed by atoms with Gasteiger partial charge in [0.1, 0.15) is 13.2 Å². The highest BCUT2D eigenvalue weighted by Crippen LogP contribution is 2.43. The predicted octanol–water partition coefficient (Wildman–Crippen LogP) is 5.02. The highest BCUT2D eigenvalue weighted by Gasteiger charge is 2.38. The molecule has 0 saturated heterocycles. The van der Waals surface area contributed by atoms with Gasteiger partial charge in [0, 0.05) is 66.3 Å². The fraction of sp³-hybridized carbons (Fsp3) is 0.304. The third kappa shape index (κ3) is 10.6. The molecule has 1 fully saturated rings. The monoisotopic (exact) mass is 1030 g/mol. The molecule has 5 aromatic rings. The van der Waals surface area contributed by atoms with Crippen LogP contribution in [0.3, 0.4) is 0 Å². The summed E-state index contributed by atoms with van der Waals surface area (Å²) < 4.78 is 24.2. The maximum absolute atomic E-state index is 14.1. The van der Waals surface area contributed by atoms with E-state index in [0.717, 1.165) is 22.5 Å². The number of anilines is 3. The van der Waals surface area contributed by atoms with Crippen LogP contribution in [0, 0.1) is 11.8 Å². The standard InChI is InChI=1S/C56H55N9O11/c1-73-46-20-40-42(58-24-38-18-35-7-3-5-9-44(35)64(38)55(40)71)22-48(46)75-29-31-15-32(30-76-49-23-43-41(21-47(49)74-2)56(72)65-39(25-59-43)19-36-8-4-6-10-45(36)65)17-37(16-31)63-52(68)28-61-50(66)26-60-51(67)27-62-54(70)34-13-11-33(12-14-34)53(57)69/h3-10,15-17,20-25,33-34,38-39H,11-14,18-19,26-30H2,1-2H3,(H2,57,69)(H,60,67)(H,61,66)(H,62,70)(H,63,68)/t33?,34?,38-,39-/m0/s1. The highest BCUT2D eigenvalue weighted by atomic mass is 16.5. The number of methoxy groups -OCH3 is 2. The Hall–Kier alpha value is -9.07. The molecule has 1 saturated carbocycles. The molecular formula is C56H55N9O11. The summed E-state index contributed by atoms with van der Waals surface area (Å²) in [5.41, 5.74) is 12.2. The number of aliphatic imine (C=N–C) groups is 2. The first-order valence-electron chi connectivity index (χ1n) is 25.0. The van der Waals surface area contributed by atoms with Gasteiger partial charge in [-0.3, -0.25) is 53.3 Å². The molecule has 4 heterocycles. The van der Waals surface area contributed by atoms with E-state index in [1.54, 1.807) is 58.6 Å². The van der Waals surface area contributed by atoms with Gasteiger partial charge in [0.15, 0.2) is 23.0 Å². The van der Waals surface area contributed by atoms with Crippen molar-refractivity contribution in [2.45, 2.75) is 63.8 Å². The zero-order valence-electron chi connectivity index (χ0n) is 41.8. The van der Waals surface area contributed by atoms with Crippen LogP contribution in [0.1, 0.15) is 68.7 Å². The average molecular weight is 1030 g/mol. The number of nitrogens with two attached hydrogens (primary N) is 1. The Morgan fingerprint density at radius 3 is 1.53 bits per heavy atom. The molecule has 390 valence electrons. The average Bonchev–Trinajstić information content (AvgIpc) is 3.96. The Balaban J connectivity index is 0.824. The van der Waals surface area contributed by atoms with Gasteiger partial charge in [0.2, 0.25) is 29.5 Å². The summed E-state index contributed by atoms with van der Waals surface area (Å²) in [6.45, 7) is -1.33. The number of carbonyl (C=O) groups excluding carboxylic acids is 7. The molecule has 5 aromatic carbocycles. The van der Waals surface area contributed by atoms with Crippen molar-refractivity contribution in [1.29, 1.82) is 0 Å². The summed E-state index contributed by atoms with van der Waals surface area (Å²) >= 11 is 0. The lowest BCUT2D eigenvalue weighted by molar-refractivity contribution is -0.131. The van der Waals surface area contributed by atoms with Crippen LogP contribution in [0.2, 0.25) is 0 Å². The van der Waals surface area contributed by atoms with Crippen LogP contribution in [-0.4, -0.2) is 99.7 Å². The molecule has 76 heavy (non-hydrogen) atoms. The Kier molecular flexibility index (Phi) is 14.5. The van der Waals surface area contributed by atoms with E-state index in [1.807, 2.05) is 54.6 Å². The number of ether oxygens (including phenoxy) is 4. The molecular weight excluding hydrogens is 975 g/mol. The number of amides is 7. The van der Waals surface area contributed by atoms with Crippen molar-refractivity contribution in [3.05, 3.63) is 124 Å². The van der Waals surface area contributed by atoms with Crippen molar-refractivity contribution in [2.24, 2.45) is 27.6 Å². The lowest BCUT2D eigenvalue weighted by atomic mass is 9.81. The van der Waals surface area contributed by atoms with E-state index in [2.05, 4.69) is 21.3 Å². The molecule has 2 atom stereocenters. The lowest BCUT2D eigenvalue weighted by Gasteiger charge is -2.25. The van der Waals surface area contributed by atoms with Crippen molar-refractivity contribution in [2.75, 3.05) is 49.0 Å². The number of carbonyl (C=O) groups is 7. The summed E-state index contributed by atoms with van der Waals surface area (Å²) in [6.07, 6.45) is 6.80. The van der Waals surface area contributed by atoms with Crippen LogP contribution in [0.25, 0.3) is 0 Å². The first-order chi connectivity index (χ1) is 36.8. The molecule has 0 bridgehead atoms. The summed E-state index contributed by atoms with van der Waals surface area (Å²) in [5.74, 6) is -2.30. The number of nitrogens with zero attached hydrogens (tertiary/aromatic N) is 4. The van der Waals surface area contributed by atoms with Crippen molar-refractivity contribution in [3.8, 4) is 23.0 Å². The summed E-state index contributed by atoms with van der Waals surface area (Å²) in [5, 5.41) is 10.3. The first kappa shape index (κ1) is 50.5. The quantitative estimate of drug-likeness (QED) is 0.0827. The molecule has 0 unspecified atom stereocenters. The van der Waals surface area contributed by atoms with Gasteiger partial charge in [-0.25, -0.2) is 0 Å². The highest BCUT2D eigenvalue weighted by molar-refractivity contribution is 6.16. The lowest BCUT2D eigenvalue weighted by Crippen LogP contribution is -2.44. The van der Waals surface area contributed by atoms with Gasteiger partial charge in [-0.05, 0) is 90.4 Å². The number of hydrogen-bond acceptors (Lipinski definition) is 13. The van der Waals surface area contributed by atoms with E-state index >= 15 is 0 Å². The zero-order valence-corrected chi connectivity index (χ0v) is 41.8. The van der Waals surface area contributed by atoms with Crippen molar-refractivity contribution < 1.29 is 52.5 Å². The van der Waals surface area contributed by atoms with Crippen LogP contribution < -0.4 is 55.7 Å². The van der Waals surface area contributed by atoms with E-state index in [9.17, 15) is 33.6 Å². The van der Waals surface area contributed by atoms with Crippen LogP contribution in [-0.2, 0) is 50.0 Å². The van der Waals surface area contributed by atoms with Crippen molar-refractivity contribution in [1.82, 2.24) is 16.0 Å². The van der Waals surface area contributed by atoms with Gasteiger partial charge in [-0.15, -0.1) is 0 Å². The molecule has 0 radical (unpaired) electrons. The minimum Gasteiger partial charge on any atom is -0.493 e. The Morgan fingerprint density at radius 1 is 0.579 bits per heavy atom. The van der Waals surface area contributed by atoms with Gasteiger partial charge in [0.25, 0.3) is 11.8 Å². The van der Waals surface area contributed by atoms with Gasteiger partial charge in [0.05, 0.1) is 68.4 Å². The number of hydrogen-bond donors (Lipinski definition) is 5. The van der Waals surface area contributed by atoms with Crippen LogP contribution in [0.5, 0.6) is 23.0 Å². The molecule has 4 aliphatic heterocycles. The number of para-hydroxylation sites is 2. The largest absolute Gasteiger partial charge is 0.493 e. The molecule has 7 amide bonds. The molecule has 20 nitrogen and oxygen atoms in total. The molecule has 20 heteroatoms. The zero-order chi connectivity index (χ0) is 53.0. The SMILES string of the molecule is COc1cc2c(cc1OCc1cc(COc3cc4c(cc3OC)C(=O)N3c5ccccc5C[C@H]3C=N4)cc(NC(=O)CNC(=O)CNC(=O)CNC(=O)C3CCC(C(N)=O)CC3)c1)N=C[C@@H]1Cc3ccccc3N1C2=O. The summed E-state index contributed by atoms with van der Waals surface area (Å²) in [4.78, 5) is 104. The van der Waals surface area contributed by atoms with Crippen LogP contribution >= 0.6 is 0 Å². The second-order valence-electron chi connectivity index (χ2n) is 19.1. The van der Waals surface area contributed by atoms with E-state index < -0.39 is 30.8 Å². The molecule has 0 aromatic heterocycles. The number of benzene rings is 5. The molecule has 0 spiro atoms. The first-order valence-corrected chi connectivity index (χ1v) is 25.0. The maximum Gasteiger partial charge on any atom is 0.261 e. The van der Waals surface area contributed by atoms with E-state index in [0.29, 0.717) is 101 Å². The third-order valence-corrected chi connectivity index (χ3v) is 14.2. The second-order valence-corrected chi connectivity index (χ2v) is 19.1. The minimum atomic E-state index is -0.646. The summed E-state index contributed by atoms with van der Waals surface area (Å²) in [7, 11) is 2.96. The van der Waals surface area contributed by atoms with Crippen LogP contribution in [0.4, 0.5) is 28.4 Å². The predicted molar refractivity (Wildman–Crippen MR) is 281 cm³/mol. The molecule has 1 aliphatic carbocycles. The van der Waals surface area contributed by atoms with Gasteiger partial charge < -0.3 is 45.9 Å². The van der Waals surface area contributed by atoms with E-state index in [1.165, 1.54) is 14.2 Å². The Bertz CT molecular complexity index is 3080. The van der Waals surface area contributed by atoms with Crippen molar-refractivity contribution >= 4 is 82.2 Å². The van der Waals surface area contributed by atoms with Gasteiger partial charge in [-0.2, -0.15) is 0 Å². The molecule has 5 aliphatic rings. The smallest absolute Gasteiger partial charge is 0.261 e. The van der Waals surface area contributed by atoms with Gasteiger partial charge in [-0.1, -0.05) is 36.4 Å². The van der Waals surface area contributed by atoms with Crippen molar-refractivity contribution in [3.63, 3.8) is 0 Å².